The lowest BCUT2D eigenvalue weighted by Gasteiger charge is -2.31. The lowest BCUT2D eigenvalue weighted by atomic mass is 9.98. The molecule has 0 aromatic heterocycles. The van der Waals surface area contributed by atoms with Crippen LogP contribution in [0.3, 0.4) is 0 Å². The maximum atomic E-state index is 12.6. The Morgan fingerprint density at radius 2 is 1.79 bits per heavy atom. The van der Waals surface area contributed by atoms with E-state index in [0.29, 0.717) is 41.2 Å². The minimum atomic E-state index is -5.24. The molecule has 2 rings (SSSR count). The molecule has 6 nitrogen and oxygen atoms in total. The molecule has 0 aliphatic carbocycles. The molecular weight excluding hydrogens is 532 g/mol. The van der Waals surface area contributed by atoms with Crippen LogP contribution in [-0.2, 0) is 16.6 Å². The molecular formula is C16H23ClF3IN4O2S. The van der Waals surface area contributed by atoms with Crippen LogP contribution >= 0.6 is 35.6 Å². The molecule has 0 unspecified atom stereocenters. The minimum absolute atomic E-state index is 0. The molecule has 1 aliphatic rings. The minimum Gasteiger partial charge on any atom is -0.356 e. The molecule has 0 amide bonds. The first-order chi connectivity index (χ1) is 12.6. The highest BCUT2D eigenvalue weighted by Gasteiger charge is 2.50. The monoisotopic (exact) mass is 554 g/mol. The van der Waals surface area contributed by atoms with Crippen molar-refractivity contribution in [2.75, 3.05) is 26.7 Å². The molecule has 1 fully saturated rings. The van der Waals surface area contributed by atoms with Crippen molar-refractivity contribution in [3.05, 3.63) is 34.9 Å². The molecule has 1 saturated heterocycles. The van der Waals surface area contributed by atoms with Crippen molar-refractivity contribution in [3.63, 3.8) is 0 Å². The van der Waals surface area contributed by atoms with E-state index in [4.69, 9.17) is 11.6 Å². The van der Waals surface area contributed by atoms with E-state index in [2.05, 4.69) is 15.6 Å². The second-order valence-corrected chi connectivity index (χ2v) is 8.59. The van der Waals surface area contributed by atoms with Gasteiger partial charge >= 0.3 is 15.5 Å². The number of hydrogen-bond donors (Lipinski definition) is 2. The Labute approximate surface area is 185 Å². The van der Waals surface area contributed by atoms with Gasteiger partial charge in [0.2, 0.25) is 0 Å². The van der Waals surface area contributed by atoms with Crippen LogP contribution in [0.2, 0.25) is 5.02 Å². The molecule has 2 N–H and O–H groups in total. The Kier molecular flexibility index (Phi) is 9.77. The van der Waals surface area contributed by atoms with E-state index in [0.717, 1.165) is 5.56 Å². The summed E-state index contributed by atoms with van der Waals surface area (Å²) in [6.07, 6.45) is 0.715. The molecule has 0 saturated carbocycles. The lowest BCUT2D eigenvalue weighted by molar-refractivity contribution is -0.0496. The van der Waals surface area contributed by atoms with Crippen LogP contribution in [0.5, 0.6) is 0 Å². The van der Waals surface area contributed by atoms with Gasteiger partial charge in [0.1, 0.15) is 0 Å². The Morgan fingerprint density at radius 1 is 1.21 bits per heavy atom. The average Bonchev–Trinajstić information content (AvgIpc) is 2.62. The second-order valence-electron chi connectivity index (χ2n) is 6.23. The number of nitrogens with zero attached hydrogens (tertiary/aromatic N) is 2. The van der Waals surface area contributed by atoms with Gasteiger partial charge in [-0.05, 0) is 36.5 Å². The van der Waals surface area contributed by atoms with E-state index in [9.17, 15) is 21.6 Å². The largest absolute Gasteiger partial charge is 0.511 e. The van der Waals surface area contributed by atoms with Crippen molar-refractivity contribution >= 4 is 51.6 Å². The number of nitrogens with one attached hydrogen (secondary N) is 2. The molecule has 1 heterocycles. The molecule has 1 aromatic rings. The van der Waals surface area contributed by atoms with Crippen molar-refractivity contribution in [1.82, 2.24) is 14.9 Å². The van der Waals surface area contributed by atoms with Gasteiger partial charge in [-0.25, -0.2) is 8.42 Å². The van der Waals surface area contributed by atoms with Crippen molar-refractivity contribution in [1.29, 1.82) is 0 Å². The van der Waals surface area contributed by atoms with Gasteiger partial charge < -0.3 is 10.6 Å². The standard InChI is InChI=1S/C16H22ClF3N4O2S.HI/c1-21-15(22-10-12-2-4-14(17)5-3-12)23-11-13-6-8-24(9-7-13)27(25,26)16(18,19)20;/h2-5,13H,6-11H2,1H3,(H2,21,22,23);1H. The molecule has 1 aliphatic heterocycles. The van der Waals surface area contributed by atoms with E-state index < -0.39 is 15.5 Å². The van der Waals surface area contributed by atoms with Crippen molar-refractivity contribution in [2.45, 2.75) is 24.9 Å². The average molecular weight is 555 g/mol. The van der Waals surface area contributed by atoms with Gasteiger partial charge in [0.15, 0.2) is 5.96 Å². The summed E-state index contributed by atoms with van der Waals surface area (Å²) in [6, 6.07) is 7.36. The summed E-state index contributed by atoms with van der Waals surface area (Å²) in [5.41, 5.74) is -4.22. The molecule has 0 atom stereocenters. The summed E-state index contributed by atoms with van der Waals surface area (Å²) in [5.74, 6) is 0.633. The van der Waals surface area contributed by atoms with E-state index in [1.807, 2.05) is 12.1 Å². The summed E-state index contributed by atoms with van der Waals surface area (Å²) in [6.45, 7) is 0.773. The highest BCUT2D eigenvalue weighted by molar-refractivity contribution is 14.0. The van der Waals surface area contributed by atoms with Crippen molar-refractivity contribution < 1.29 is 21.6 Å². The quantitative estimate of drug-likeness (QED) is 0.333. The first kappa shape index (κ1) is 25.2. The Morgan fingerprint density at radius 3 is 2.29 bits per heavy atom. The maximum absolute atomic E-state index is 12.6. The molecule has 0 spiro atoms. The maximum Gasteiger partial charge on any atom is 0.511 e. The van der Waals surface area contributed by atoms with Crippen molar-refractivity contribution in [2.24, 2.45) is 10.9 Å². The summed E-state index contributed by atoms with van der Waals surface area (Å²) in [4.78, 5) is 4.10. The normalized spacial score (nSPS) is 17.1. The fourth-order valence-electron chi connectivity index (χ4n) is 2.75. The number of rotatable bonds is 5. The van der Waals surface area contributed by atoms with Gasteiger partial charge in [0, 0.05) is 38.2 Å². The number of aliphatic imine (C=N–C) groups is 1. The number of hydrogen-bond acceptors (Lipinski definition) is 3. The predicted octanol–water partition coefficient (Wildman–Crippen LogP) is 3.18. The fourth-order valence-corrected chi connectivity index (χ4v) is 3.86. The Balaban J connectivity index is 0.00000392. The van der Waals surface area contributed by atoms with E-state index >= 15 is 0 Å². The highest BCUT2D eigenvalue weighted by atomic mass is 127. The smallest absolute Gasteiger partial charge is 0.356 e. The van der Waals surface area contributed by atoms with Gasteiger partial charge in [0.05, 0.1) is 0 Å². The molecule has 0 bridgehead atoms. The zero-order chi connectivity index (χ0) is 20.1. The number of benzene rings is 1. The van der Waals surface area contributed by atoms with E-state index in [1.165, 1.54) is 0 Å². The third-order valence-electron chi connectivity index (χ3n) is 4.36. The predicted molar refractivity (Wildman–Crippen MR) is 114 cm³/mol. The van der Waals surface area contributed by atoms with Gasteiger partial charge in [-0.1, -0.05) is 23.7 Å². The highest BCUT2D eigenvalue weighted by Crippen LogP contribution is 2.30. The first-order valence-corrected chi connectivity index (χ1v) is 10.2. The number of sulfonamides is 1. The zero-order valence-corrected chi connectivity index (χ0v) is 19.1. The molecule has 28 heavy (non-hydrogen) atoms. The molecule has 12 heteroatoms. The van der Waals surface area contributed by atoms with Crippen LogP contribution in [0.1, 0.15) is 18.4 Å². The third-order valence-corrected chi connectivity index (χ3v) is 6.24. The van der Waals surface area contributed by atoms with Crippen LogP contribution < -0.4 is 10.6 Å². The molecule has 1 aromatic carbocycles. The fraction of sp³-hybridized carbons (Fsp3) is 0.562. The molecule has 0 radical (unpaired) electrons. The summed E-state index contributed by atoms with van der Waals surface area (Å²) in [5, 5.41) is 6.92. The summed E-state index contributed by atoms with van der Waals surface area (Å²) in [7, 11) is -3.61. The van der Waals surface area contributed by atoms with Crippen LogP contribution in [0.15, 0.2) is 29.3 Å². The number of alkyl halides is 3. The van der Waals surface area contributed by atoms with Gasteiger partial charge in [0.25, 0.3) is 0 Å². The van der Waals surface area contributed by atoms with Crippen molar-refractivity contribution in [3.8, 4) is 0 Å². The lowest BCUT2D eigenvalue weighted by Crippen LogP contribution is -2.47. The topological polar surface area (TPSA) is 73.8 Å². The first-order valence-electron chi connectivity index (χ1n) is 8.39. The molecule has 160 valence electrons. The van der Waals surface area contributed by atoms with Crippen LogP contribution in [0, 0.1) is 5.92 Å². The van der Waals surface area contributed by atoms with Gasteiger partial charge in [-0.2, -0.15) is 17.5 Å². The SMILES string of the molecule is CN=C(NCc1ccc(Cl)cc1)NCC1CCN(S(=O)(=O)C(F)(F)F)CC1.I. The number of piperidine rings is 1. The van der Waals surface area contributed by atoms with Gasteiger partial charge in [-0.3, -0.25) is 4.99 Å². The zero-order valence-electron chi connectivity index (χ0n) is 15.2. The second kappa shape index (κ2) is 10.8. The van der Waals surface area contributed by atoms with Crippen LogP contribution in [0.25, 0.3) is 0 Å². The number of guanidine groups is 1. The van der Waals surface area contributed by atoms with E-state index in [1.54, 1.807) is 19.2 Å². The van der Waals surface area contributed by atoms with Crippen LogP contribution in [-0.4, -0.2) is 50.9 Å². The third kappa shape index (κ3) is 6.92. The summed E-state index contributed by atoms with van der Waals surface area (Å²) >= 11 is 5.84. The van der Waals surface area contributed by atoms with E-state index in [-0.39, 0.29) is 43.0 Å². The van der Waals surface area contributed by atoms with Crippen LogP contribution in [0.4, 0.5) is 13.2 Å². The summed E-state index contributed by atoms with van der Waals surface area (Å²) < 4.78 is 61.1. The number of halogens is 5. The Bertz CT molecular complexity index is 752. The van der Waals surface area contributed by atoms with Gasteiger partial charge in [-0.15, -0.1) is 24.0 Å². The Hall–Kier alpha value is -0.790.